The summed E-state index contributed by atoms with van der Waals surface area (Å²) in [6.45, 7) is 5.99. The van der Waals surface area contributed by atoms with Crippen molar-refractivity contribution in [1.29, 1.82) is 0 Å². The number of aromatic amines is 1. The van der Waals surface area contributed by atoms with Crippen LogP contribution in [0.1, 0.15) is 13.8 Å². The van der Waals surface area contributed by atoms with Crippen LogP contribution in [0.2, 0.25) is 0 Å². The van der Waals surface area contributed by atoms with Gasteiger partial charge < -0.3 is 4.90 Å². The minimum absolute atomic E-state index is 0.0466. The predicted molar refractivity (Wildman–Crippen MR) is 79.4 cm³/mol. The number of anilines is 2. The number of H-pyrrole nitrogens is 1. The summed E-state index contributed by atoms with van der Waals surface area (Å²) in [7, 11) is -3.60. The molecule has 0 saturated carbocycles. The third kappa shape index (κ3) is 3.11. The molecule has 0 aliphatic carbocycles. The van der Waals surface area contributed by atoms with Gasteiger partial charge in [-0.2, -0.15) is 13.5 Å². The zero-order chi connectivity index (χ0) is 14.6. The van der Waals surface area contributed by atoms with E-state index in [4.69, 9.17) is 0 Å². The molecule has 20 heavy (non-hydrogen) atoms. The first-order valence-electron chi connectivity index (χ1n) is 6.44. The summed E-state index contributed by atoms with van der Waals surface area (Å²) < 4.78 is 26.5. The van der Waals surface area contributed by atoms with E-state index in [1.165, 1.54) is 12.3 Å². The van der Waals surface area contributed by atoms with Gasteiger partial charge in [-0.05, 0) is 44.2 Å². The number of sulfonamides is 1. The molecule has 0 bridgehead atoms. The molecule has 7 heteroatoms. The fourth-order valence-electron chi connectivity index (χ4n) is 1.93. The van der Waals surface area contributed by atoms with Gasteiger partial charge in [0.05, 0.1) is 6.20 Å². The number of aromatic nitrogens is 2. The second-order valence-corrected chi connectivity index (χ2v) is 5.90. The lowest BCUT2D eigenvalue weighted by molar-refractivity contribution is 0.597. The first-order chi connectivity index (χ1) is 9.56. The Labute approximate surface area is 118 Å². The van der Waals surface area contributed by atoms with Crippen LogP contribution in [0.4, 0.5) is 11.4 Å². The van der Waals surface area contributed by atoms with Gasteiger partial charge in [-0.25, -0.2) is 0 Å². The minimum atomic E-state index is -3.60. The third-order valence-corrected chi connectivity index (χ3v) is 4.32. The molecule has 108 valence electrons. The van der Waals surface area contributed by atoms with Crippen LogP contribution in [0.15, 0.2) is 41.6 Å². The molecular weight excluding hydrogens is 276 g/mol. The number of hydrogen-bond donors (Lipinski definition) is 2. The summed E-state index contributed by atoms with van der Waals surface area (Å²) >= 11 is 0. The lowest BCUT2D eigenvalue weighted by Crippen LogP contribution is -2.21. The molecular formula is C13H18N4O2S. The largest absolute Gasteiger partial charge is 0.372 e. The Morgan fingerprint density at radius 1 is 1.15 bits per heavy atom. The molecule has 1 aromatic carbocycles. The monoisotopic (exact) mass is 294 g/mol. The highest BCUT2D eigenvalue weighted by Gasteiger charge is 2.15. The molecule has 1 heterocycles. The van der Waals surface area contributed by atoms with E-state index in [0.29, 0.717) is 5.69 Å². The Hall–Kier alpha value is -2.02. The van der Waals surface area contributed by atoms with Crippen LogP contribution >= 0.6 is 0 Å². The van der Waals surface area contributed by atoms with E-state index in [0.717, 1.165) is 18.8 Å². The van der Waals surface area contributed by atoms with Crippen molar-refractivity contribution >= 4 is 21.4 Å². The van der Waals surface area contributed by atoms with Crippen LogP contribution in [0, 0.1) is 0 Å². The fraction of sp³-hybridized carbons (Fsp3) is 0.308. The molecule has 0 amide bonds. The van der Waals surface area contributed by atoms with Gasteiger partial charge in [-0.3, -0.25) is 9.82 Å². The second kappa shape index (κ2) is 5.96. The Morgan fingerprint density at radius 2 is 1.80 bits per heavy atom. The van der Waals surface area contributed by atoms with E-state index in [9.17, 15) is 8.42 Å². The van der Waals surface area contributed by atoms with Gasteiger partial charge in [-0.15, -0.1) is 0 Å². The van der Waals surface area contributed by atoms with Gasteiger partial charge in [0.2, 0.25) is 0 Å². The molecule has 6 nitrogen and oxygen atoms in total. The van der Waals surface area contributed by atoms with Gasteiger partial charge >= 0.3 is 0 Å². The van der Waals surface area contributed by atoms with Crippen molar-refractivity contribution in [2.45, 2.75) is 18.9 Å². The Morgan fingerprint density at radius 3 is 2.30 bits per heavy atom. The number of nitrogens with zero attached hydrogens (tertiary/aromatic N) is 2. The maximum atomic E-state index is 12.0. The zero-order valence-electron chi connectivity index (χ0n) is 11.5. The van der Waals surface area contributed by atoms with Crippen molar-refractivity contribution in [2.24, 2.45) is 0 Å². The average Bonchev–Trinajstić information content (AvgIpc) is 2.96. The Kier molecular flexibility index (Phi) is 4.29. The molecule has 0 aliphatic rings. The molecule has 0 unspecified atom stereocenters. The van der Waals surface area contributed by atoms with Crippen molar-refractivity contribution in [1.82, 2.24) is 10.2 Å². The SMILES string of the molecule is CCN(CC)c1ccc(NS(=O)(=O)c2ccn[nH]2)cc1. The van der Waals surface area contributed by atoms with Gasteiger partial charge in [-0.1, -0.05) is 0 Å². The summed E-state index contributed by atoms with van der Waals surface area (Å²) in [6.07, 6.45) is 1.40. The van der Waals surface area contributed by atoms with Crippen molar-refractivity contribution in [3.05, 3.63) is 36.5 Å². The first-order valence-corrected chi connectivity index (χ1v) is 7.92. The lowest BCUT2D eigenvalue weighted by atomic mass is 10.2. The van der Waals surface area contributed by atoms with Crippen LogP contribution in [0.3, 0.4) is 0 Å². The van der Waals surface area contributed by atoms with Crippen LogP contribution in [-0.4, -0.2) is 31.7 Å². The predicted octanol–water partition coefficient (Wildman–Crippen LogP) is 2.06. The number of rotatable bonds is 6. The van der Waals surface area contributed by atoms with Gasteiger partial charge in [0.15, 0.2) is 5.03 Å². The Bertz CT molecular complexity index is 632. The van der Waals surface area contributed by atoms with Crippen LogP contribution < -0.4 is 9.62 Å². The molecule has 0 spiro atoms. The second-order valence-electron chi connectivity index (χ2n) is 4.25. The van der Waals surface area contributed by atoms with Crippen molar-refractivity contribution in [3.63, 3.8) is 0 Å². The topological polar surface area (TPSA) is 78.1 Å². The van der Waals surface area contributed by atoms with Gasteiger partial charge in [0, 0.05) is 24.5 Å². The highest BCUT2D eigenvalue weighted by Crippen LogP contribution is 2.19. The van der Waals surface area contributed by atoms with Crippen LogP contribution in [0.25, 0.3) is 0 Å². The van der Waals surface area contributed by atoms with Crippen LogP contribution in [0.5, 0.6) is 0 Å². The molecule has 0 aliphatic heterocycles. The average molecular weight is 294 g/mol. The van der Waals surface area contributed by atoms with Crippen molar-refractivity contribution < 1.29 is 8.42 Å². The maximum Gasteiger partial charge on any atom is 0.278 e. The highest BCUT2D eigenvalue weighted by molar-refractivity contribution is 7.92. The number of hydrogen-bond acceptors (Lipinski definition) is 4. The first kappa shape index (κ1) is 14.4. The van der Waals surface area contributed by atoms with Gasteiger partial charge in [0.1, 0.15) is 0 Å². The molecule has 0 saturated heterocycles. The fourth-order valence-corrected chi connectivity index (χ4v) is 2.90. The smallest absolute Gasteiger partial charge is 0.278 e. The molecule has 1 aromatic heterocycles. The molecule has 0 atom stereocenters. The maximum absolute atomic E-state index is 12.0. The quantitative estimate of drug-likeness (QED) is 0.855. The van der Waals surface area contributed by atoms with Gasteiger partial charge in [0.25, 0.3) is 10.0 Å². The van der Waals surface area contributed by atoms with E-state index in [-0.39, 0.29) is 5.03 Å². The summed E-state index contributed by atoms with van der Waals surface area (Å²) in [4.78, 5) is 2.19. The molecule has 0 radical (unpaired) electrons. The van der Waals surface area contributed by atoms with E-state index in [1.54, 1.807) is 12.1 Å². The third-order valence-electron chi connectivity index (χ3n) is 3.01. The summed E-state index contributed by atoms with van der Waals surface area (Å²) in [5.74, 6) is 0. The zero-order valence-corrected chi connectivity index (χ0v) is 12.3. The molecule has 2 aromatic rings. The van der Waals surface area contributed by atoms with E-state index in [2.05, 4.69) is 33.7 Å². The van der Waals surface area contributed by atoms with Crippen LogP contribution in [-0.2, 0) is 10.0 Å². The highest BCUT2D eigenvalue weighted by atomic mass is 32.2. The van der Waals surface area contributed by atoms with E-state index >= 15 is 0 Å². The standard InChI is InChI=1S/C13H18N4O2S/c1-3-17(4-2)12-7-5-11(6-8-12)16-20(18,19)13-9-10-14-15-13/h5-10,16H,3-4H2,1-2H3,(H,14,15). The normalized spacial score (nSPS) is 11.3. The van der Waals surface area contributed by atoms with Crippen molar-refractivity contribution in [3.8, 4) is 0 Å². The van der Waals surface area contributed by atoms with Crippen molar-refractivity contribution in [2.75, 3.05) is 22.7 Å². The summed E-state index contributed by atoms with van der Waals surface area (Å²) in [6, 6.07) is 8.71. The molecule has 2 N–H and O–H groups in total. The molecule has 2 rings (SSSR count). The number of benzene rings is 1. The lowest BCUT2D eigenvalue weighted by Gasteiger charge is -2.21. The van der Waals surface area contributed by atoms with E-state index in [1.807, 2.05) is 12.1 Å². The molecule has 0 fully saturated rings. The van der Waals surface area contributed by atoms with E-state index < -0.39 is 10.0 Å². The minimum Gasteiger partial charge on any atom is -0.372 e. The number of nitrogens with one attached hydrogen (secondary N) is 2. The summed E-state index contributed by atoms with van der Waals surface area (Å²) in [5.41, 5.74) is 1.59. The Balaban J connectivity index is 2.15. The summed E-state index contributed by atoms with van der Waals surface area (Å²) in [5, 5.41) is 6.12.